The third kappa shape index (κ3) is 5.99. The molecule has 178 valence electrons. The van der Waals surface area contributed by atoms with Gasteiger partial charge in [0.25, 0.3) is 0 Å². The Balaban J connectivity index is 1.68. The number of carbonyl (C=O) groups excluding carboxylic acids is 1. The normalized spacial score (nSPS) is 15.9. The van der Waals surface area contributed by atoms with E-state index in [4.69, 9.17) is 21.1 Å². The smallest absolute Gasteiger partial charge is 0.248 e. The van der Waals surface area contributed by atoms with Gasteiger partial charge in [-0.2, -0.15) is 0 Å². The number of fused-ring (bicyclic) bond motifs is 1. The van der Waals surface area contributed by atoms with Gasteiger partial charge in [-0.15, -0.1) is 0 Å². The highest BCUT2D eigenvalue weighted by atomic mass is 35.5. The number of hydrogen-bond donors (Lipinski definition) is 2. The number of ether oxygens (including phenoxy) is 2. The summed E-state index contributed by atoms with van der Waals surface area (Å²) in [4.78, 5) is 23.2. The van der Waals surface area contributed by atoms with Crippen molar-refractivity contribution in [3.8, 4) is 5.75 Å². The molecule has 34 heavy (non-hydrogen) atoms. The maximum atomic E-state index is 13.6. The molecular formula is C24H25ClFN5O3. The molecule has 3 aromatic rings. The van der Waals surface area contributed by atoms with E-state index in [0.29, 0.717) is 47.0 Å². The average molecular weight is 486 g/mol. The van der Waals surface area contributed by atoms with Crippen molar-refractivity contribution in [2.24, 2.45) is 0 Å². The van der Waals surface area contributed by atoms with Gasteiger partial charge in [0.15, 0.2) is 6.29 Å². The van der Waals surface area contributed by atoms with E-state index in [1.807, 2.05) is 19.0 Å². The van der Waals surface area contributed by atoms with Crippen LogP contribution in [0.2, 0.25) is 5.02 Å². The van der Waals surface area contributed by atoms with Crippen LogP contribution >= 0.6 is 11.6 Å². The van der Waals surface area contributed by atoms with E-state index in [1.165, 1.54) is 24.5 Å². The Morgan fingerprint density at radius 1 is 1.32 bits per heavy atom. The molecule has 1 amide bonds. The molecule has 0 spiro atoms. The highest BCUT2D eigenvalue weighted by Gasteiger charge is 2.20. The fourth-order valence-corrected chi connectivity index (χ4v) is 3.60. The molecule has 0 saturated carbocycles. The van der Waals surface area contributed by atoms with Gasteiger partial charge < -0.3 is 25.0 Å². The topological polar surface area (TPSA) is 88.6 Å². The van der Waals surface area contributed by atoms with Crippen LogP contribution in [0.4, 0.5) is 21.6 Å². The largest absolute Gasteiger partial charge is 0.463 e. The monoisotopic (exact) mass is 485 g/mol. The predicted molar refractivity (Wildman–Crippen MR) is 130 cm³/mol. The second kappa shape index (κ2) is 10.8. The minimum absolute atomic E-state index is 0.00641. The van der Waals surface area contributed by atoms with Gasteiger partial charge >= 0.3 is 0 Å². The van der Waals surface area contributed by atoms with Crippen molar-refractivity contribution in [1.82, 2.24) is 14.9 Å². The maximum absolute atomic E-state index is 13.6. The van der Waals surface area contributed by atoms with E-state index in [1.54, 1.807) is 24.3 Å². The summed E-state index contributed by atoms with van der Waals surface area (Å²) in [6.07, 6.45) is 5.93. The van der Waals surface area contributed by atoms with Gasteiger partial charge in [0.05, 0.1) is 22.8 Å². The number of rotatable bonds is 8. The number of aromatic nitrogens is 2. The Bertz CT molecular complexity index is 1210. The number of carbonyl (C=O) groups is 1. The van der Waals surface area contributed by atoms with Gasteiger partial charge in [-0.3, -0.25) is 4.79 Å². The van der Waals surface area contributed by atoms with Crippen LogP contribution in [0, 0.1) is 5.82 Å². The predicted octanol–water partition coefficient (Wildman–Crippen LogP) is 4.74. The first-order valence-electron chi connectivity index (χ1n) is 10.8. The standard InChI is InChI=1S/C24H25ClFN5O3/c1-31(2)9-3-5-22(32)30-20-12-16-19(13-21(20)34-23-6-4-10-33-23)27-14-28-24(16)29-15-7-8-18(26)17(25)11-15/h3,5,7-8,11-14,23H,4,6,9-10H2,1-2H3,(H,30,32)(H,27,28,29)/b5-3+/t23-/m0/s1. The van der Waals surface area contributed by atoms with E-state index in [0.717, 1.165) is 12.8 Å². The van der Waals surface area contributed by atoms with Crippen LogP contribution in [-0.4, -0.2) is 54.3 Å². The zero-order chi connectivity index (χ0) is 24.1. The zero-order valence-electron chi connectivity index (χ0n) is 18.8. The molecule has 1 saturated heterocycles. The lowest BCUT2D eigenvalue weighted by atomic mass is 10.1. The molecule has 1 atom stereocenters. The van der Waals surface area contributed by atoms with Crippen LogP contribution in [0.5, 0.6) is 5.75 Å². The lowest BCUT2D eigenvalue weighted by Gasteiger charge is -2.18. The molecule has 0 aliphatic carbocycles. The molecule has 1 aliphatic heterocycles. The maximum Gasteiger partial charge on any atom is 0.248 e. The Kier molecular flexibility index (Phi) is 7.56. The van der Waals surface area contributed by atoms with Crippen LogP contribution in [0.25, 0.3) is 10.9 Å². The van der Waals surface area contributed by atoms with Crippen molar-refractivity contribution < 1.29 is 18.7 Å². The van der Waals surface area contributed by atoms with E-state index in [2.05, 4.69) is 20.6 Å². The van der Waals surface area contributed by atoms with Crippen LogP contribution in [-0.2, 0) is 9.53 Å². The minimum atomic E-state index is -0.511. The second-order valence-electron chi connectivity index (χ2n) is 8.06. The first kappa shape index (κ1) is 23.9. The summed E-state index contributed by atoms with van der Waals surface area (Å²) in [7, 11) is 3.84. The second-order valence-corrected chi connectivity index (χ2v) is 8.46. The Morgan fingerprint density at radius 2 is 2.18 bits per heavy atom. The lowest BCUT2D eigenvalue weighted by molar-refractivity contribution is -0.112. The molecule has 0 bridgehead atoms. The van der Waals surface area contributed by atoms with E-state index >= 15 is 0 Å². The molecule has 1 aliphatic rings. The van der Waals surface area contributed by atoms with Crippen molar-refractivity contribution in [3.63, 3.8) is 0 Å². The van der Waals surface area contributed by atoms with Crippen LogP contribution in [0.15, 0.2) is 48.8 Å². The van der Waals surface area contributed by atoms with Gasteiger partial charge in [-0.05, 0) is 44.8 Å². The van der Waals surface area contributed by atoms with Crippen molar-refractivity contribution >= 4 is 45.6 Å². The van der Waals surface area contributed by atoms with E-state index in [9.17, 15) is 9.18 Å². The summed E-state index contributed by atoms with van der Waals surface area (Å²) in [6.45, 7) is 1.26. The van der Waals surface area contributed by atoms with Crippen molar-refractivity contribution in [3.05, 3.63) is 59.7 Å². The summed E-state index contributed by atoms with van der Waals surface area (Å²) in [6, 6.07) is 7.78. The summed E-state index contributed by atoms with van der Waals surface area (Å²) >= 11 is 5.91. The number of nitrogens with zero attached hydrogens (tertiary/aromatic N) is 3. The molecule has 8 nitrogen and oxygen atoms in total. The Hall–Kier alpha value is -3.27. The van der Waals surface area contributed by atoms with Gasteiger partial charge in [0.1, 0.15) is 23.7 Å². The highest BCUT2D eigenvalue weighted by Crippen LogP contribution is 2.35. The molecule has 0 unspecified atom stereocenters. The number of likely N-dealkylation sites (N-methyl/N-ethyl adjacent to an activating group) is 1. The summed E-state index contributed by atoms with van der Waals surface area (Å²) in [5, 5.41) is 6.64. The number of halogens is 2. The van der Waals surface area contributed by atoms with Gasteiger partial charge in [0, 0.05) is 36.2 Å². The lowest BCUT2D eigenvalue weighted by Crippen LogP contribution is -2.17. The van der Waals surface area contributed by atoms with E-state index < -0.39 is 12.1 Å². The molecule has 2 aromatic carbocycles. The third-order valence-corrected chi connectivity index (χ3v) is 5.35. The SMILES string of the molecule is CN(C)C/C=C/C(=O)Nc1cc2c(Nc3ccc(F)c(Cl)c3)ncnc2cc1O[C@H]1CCCO1. The van der Waals surface area contributed by atoms with Gasteiger partial charge in [0.2, 0.25) is 5.91 Å². The fraction of sp³-hybridized carbons (Fsp3) is 0.292. The van der Waals surface area contributed by atoms with Crippen LogP contribution in [0.3, 0.4) is 0 Å². The number of amides is 1. The van der Waals surface area contributed by atoms with Crippen molar-refractivity contribution in [2.75, 3.05) is 37.9 Å². The zero-order valence-corrected chi connectivity index (χ0v) is 19.6. The minimum Gasteiger partial charge on any atom is -0.463 e. The number of hydrogen-bond acceptors (Lipinski definition) is 7. The average Bonchev–Trinajstić information content (AvgIpc) is 3.30. The van der Waals surface area contributed by atoms with Crippen LogP contribution in [0.1, 0.15) is 12.8 Å². The molecule has 4 rings (SSSR count). The molecule has 2 heterocycles. The molecule has 10 heteroatoms. The van der Waals surface area contributed by atoms with E-state index in [-0.39, 0.29) is 10.9 Å². The molecule has 0 radical (unpaired) electrons. The van der Waals surface area contributed by atoms with Crippen molar-refractivity contribution in [2.45, 2.75) is 19.1 Å². The Labute approximate surface area is 201 Å². The highest BCUT2D eigenvalue weighted by molar-refractivity contribution is 6.31. The number of anilines is 3. The van der Waals surface area contributed by atoms with Gasteiger partial charge in [-0.1, -0.05) is 17.7 Å². The Morgan fingerprint density at radius 3 is 2.91 bits per heavy atom. The van der Waals surface area contributed by atoms with Gasteiger partial charge in [-0.25, -0.2) is 14.4 Å². The summed E-state index contributed by atoms with van der Waals surface area (Å²) in [5.74, 6) is 0.108. The summed E-state index contributed by atoms with van der Waals surface area (Å²) < 4.78 is 25.2. The van der Waals surface area contributed by atoms with Crippen molar-refractivity contribution in [1.29, 1.82) is 0 Å². The van der Waals surface area contributed by atoms with Crippen LogP contribution < -0.4 is 15.4 Å². The summed E-state index contributed by atoms with van der Waals surface area (Å²) in [5.41, 5.74) is 1.61. The molecule has 1 fully saturated rings. The first-order chi connectivity index (χ1) is 16.4. The first-order valence-corrected chi connectivity index (χ1v) is 11.2. The number of benzene rings is 2. The molecule has 2 N–H and O–H groups in total. The number of nitrogens with one attached hydrogen (secondary N) is 2. The third-order valence-electron chi connectivity index (χ3n) is 5.06. The molecular weight excluding hydrogens is 461 g/mol. The fourth-order valence-electron chi connectivity index (χ4n) is 3.42. The quantitative estimate of drug-likeness (QED) is 0.445. The molecule has 1 aromatic heterocycles.